The molecule has 1 unspecified atom stereocenters. The van der Waals surface area contributed by atoms with Gasteiger partial charge in [0.05, 0.1) is 0 Å². The van der Waals surface area contributed by atoms with Crippen LogP contribution in [-0.4, -0.2) is 25.2 Å². The van der Waals surface area contributed by atoms with Gasteiger partial charge >= 0.3 is 0 Å². The first-order valence-corrected chi connectivity index (χ1v) is 9.14. The number of furan rings is 1. The van der Waals surface area contributed by atoms with Crippen molar-refractivity contribution in [1.29, 1.82) is 0 Å². The lowest BCUT2D eigenvalue weighted by molar-refractivity contribution is 0.453. The van der Waals surface area contributed by atoms with Crippen LogP contribution in [0.2, 0.25) is 0 Å². The van der Waals surface area contributed by atoms with Gasteiger partial charge in [-0.25, -0.2) is 18.2 Å². The molecule has 0 spiro atoms. The van der Waals surface area contributed by atoms with Crippen LogP contribution < -0.4 is 10.3 Å². The lowest BCUT2D eigenvalue weighted by atomic mass is 10.0. The molecular formula is C17H17N3O4S. The number of nitrogens with one attached hydrogen (secondary N) is 2. The van der Waals surface area contributed by atoms with Crippen LogP contribution in [-0.2, 0) is 10.0 Å². The van der Waals surface area contributed by atoms with Crippen molar-refractivity contribution in [3.8, 4) is 11.5 Å². The first kappa shape index (κ1) is 17.1. The molecule has 0 radical (unpaired) electrons. The van der Waals surface area contributed by atoms with Gasteiger partial charge < -0.3 is 4.42 Å². The summed E-state index contributed by atoms with van der Waals surface area (Å²) in [6.07, 6.45) is 0. The summed E-state index contributed by atoms with van der Waals surface area (Å²) in [5.74, 6) is 0.277. The molecule has 0 amide bonds. The second-order valence-corrected chi connectivity index (χ2v) is 7.29. The van der Waals surface area contributed by atoms with E-state index in [1.54, 1.807) is 0 Å². The van der Waals surface area contributed by atoms with Crippen molar-refractivity contribution >= 4 is 10.0 Å². The molecule has 0 saturated carbocycles. The lowest BCUT2D eigenvalue weighted by Gasteiger charge is -2.12. The smallest absolute Gasteiger partial charge is 0.273 e. The summed E-state index contributed by atoms with van der Waals surface area (Å²) in [5.41, 5.74) is 1.04. The van der Waals surface area contributed by atoms with Crippen molar-refractivity contribution in [3.05, 3.63) is 70.5 Å². The molecule has 2 aromatic heterocycles. The number of H-pyrrole nitrogens is 1. The number of sulfonamides is 1. The summed E-state index contributed by atoms with van der Waals surface area (Å²) < 4.78 is 32.7. The number of benzene rings is 1. The summed E-state index contributed by atoms with van der Waals surface area (Å²) in [7, 11) is -3.78. The van der Waals surface area contributed by atoms with Crippen molar-refractivity contribution < 1.29 is 12.8 Å². The fourth-order valence-corrected chi connectivity index (χ4v) is 3.35. The molecule has 130 valence electrons. The van der Waals surface area contributed by atoms with Crippen LogP contribution in [0.1, 0.15) is 18.4 Å². The normalized spacial score (nSPS) is 12.8. The average molecular weight is 359 g/mol. The van der Waals surface area contributed by atoms with Gasteiger partial charge in [0.1, 0.15) is 5.69 Å². The van der Waals surface area contributed by atoms with Crippen molar-refractivity contribution in [3.63, 3.8) is 0 Å². The van der Waals surface area contributed by atoms with Gasteiger partial charge in [-0.05, 0) is 29.7 Å². The summed E-state index contributed by atoms with van der Waals surface area (Å²) >= 11 is 0. The summed E-state index contributed by atoms with van der Waals surface area (Å²) in [6.45, 7) is 2.19. The van der Waals surface area contributed by atoms with Crippen LogP contribution in [0.25, 0.3) is 11.5 Å². The lowest BCUT2D eigenvalue weighted by Crippen LogP contribution is -2.27. The molecular weight excluding hydrogens is 342 g/mol. The second kappa shape index (κ2) is 7.04. The quantitative estimate of drug-likeness (QED) is 0.701. The topological polar surface area (TPSA) is 105 Å². The number of nitrogens with zero attached hydrogens (tertiary/aromatic N) is 1. The maximum absolute atomic E-state index is 12.4. The summed E-state index contributed by atoms with van der Waals surface area (Å²) in [6, 6.07) is 15.2. The van der Waals surface area contributed by atoms with Gasteiger partial charge in [-0.2, -0.15) is 5.10 Å². The van der Waals surface area contributed by atoms with E-state index in [2.05, 4.69) is 14.9 Å². The highest BCUT2D eigenvalue weighted by molar-refractivity contribution is 7.89. The number of aromatic amines is 1. The molecule has 1 atom stereocenters. The van der Waals surface area contributed by atoms with E-state index in [4.69, 9.17) is 4.42 Å². The standard InChI is InChI=1S/C17H17N3O4S/c1-12(13-5-3-2-4-6-13)11-18-25(22,23)17-10-8-15(24-17)14-7-9-16(21)20-19-14/h2-10,12,18H,11H2,1H3,(H,20,21). The zero-order valence-corrected chi connectivity index (χ0v) is 14.3. The van der Waals surface area contributed by atoms with E-state index in [0.29, 0.717) is 5.69 Å². The predicted octanol–water partition coefficient (Wildman–Crippen LogP) is 2.11. The van der Waals surface area contributed by atoms with Crippen LogP contribution in [0.15, 0.2) is 68.9 Å². The maximum Gasteiger partial charge on any atom is 0.273 e. The van der Waals surface area contributed by atoms with E-state index in [9.17, 15) is 13.2 Å². The molecule has 0 aliphatic heterocycles. The van der Waals surface area contributed by atoms with Crippen molar-refractivity contribution in [2.45, 2.75) is 17.9 Å². The highest BCUT2D eigenvalue weighted by Crippen LogP contribution is 2.22. The molecule has 8 heteroatoms. The molecule has 7 nitrogen and oxygen atoms in total. The Labute approximate surface area is 144 Å². The Hall–Kier alpha value is -2.71. The highest BCUT2D eigenvalue weighted by Gasteiger charge is 2.20. The fraction of sp³-hybridized carbons (Fsp3) is 0.176. The Morgan fingerprint density at radius 1 is 1.12 bits per heavy atom. The molecule has 0 saturated heterocycles. The van der Waals surface area contributed by atoms with Crippen LogP contribution in [0.4, 0.5) is 0 Å². The first-order chi connectivity index (χ1) is 12.0. The highest BCUT2D eigenvalue weighted by atomic mass is 32.2. The predicted molar refractivity (Wildman–Crippen MR) is 92.6 cm³/mol. The Morgan fingerprint density at radius 3 is 2.56 bits per heavy atom. The number of hydrogen-bond donors (Lipinski definition) is 2. The third kappa shape index (κ3) is 4.04. The molecule has 25 heavy (non-hydrogen) atoms. The Bertz CT molecular complexity index is 989. The molecule has 1 aromatic carbocycles. The monoisotopic (exact) mass is 359 g/mol. The van der Waals surface area contributed by atoms with Gasteiger partial charge in [-0.3, -0.25) is 4.79 Å². The third-order valence-corrected chi connectivity index (χ3v) is 5.02. The second-order valence-electron chi connectivity index (χ2n) is 5.59. The Kier molecular flexibility index (Phi) is 4.82. The minimum Gasteiger partial charge on any atom is -0.442 e. The van der Waals surface area contributed by atoms with Crippen molar-refractivity contribution in [1.82, 2.24) is 14.9 Å². The molecule has 3 rings (SSSR count). The summed E-state index contributed by atoms with van der Waals surface area (Å²) in [5, 5.41) is 5.89. The minimum atomic E-state index is -3.78. The molecule has 0 aliphatic rings. The van der Waals surface area contributed by atoms with Gasteiger partial charge in [0, 0.05) is 12.6 Å². The maximum atomic E-state index is 12.4. The largest absolute Gasteiger partial charge is 0.442 e. The van der Waals surface area contributed by atoms with Crippen LogP contribution in [0.3, 0.4) is 0 Å². The number of rotatable bonds is 6. The average Bonchev–Trinajstić information content (AvgIpc) is 3.12. The van der Waals surface area contributed by atoms with Crippen molar-refractivity contribution in [2.75, 3.05) is 6.54 Å². The van der Waals surface area contributed by atoms with E-state index >= 15 is 0 Å². The zero-order chi connectivity index (χ0) is 17.9. The van der Waals surface area contributed by atoms with E-state index in [1.807, 2.05) is 37.3 Å². The number of hydrogen-bond acceptors (Lipinski definition) is 5. The van der Waals surface area contributed by atoms with E-state index in [1.165, 1.54) is 24.3 Å². The zero-order valence-electron chi connectivity index (χ0n) is 13.5. The van der Waals surface area contributed by atoms with E-state index < -0.39 is 10.0 Å². The molecule has 0 aliphatic carbocycles. The molecule has 3 aromatic rings. The van der Waals surface area contributed by atoms with Gasteiger partial charge in [0.2, 0.25) is 5.09 Å². The van der Waals surface area contributed by atoms with Crippen LogP contribution >= 0.6 is 0 Å². The Morgan fingerprint density at radius 2 is 1.88 bits per heavy atom. The van der Waals surface area contributed by atoms with Gasteiger partial charge in [0.15, 0.2) is 5.76 Å². The molecule has 2 N–H and O–H groups in total. The van der Waals surface area contributed by atoms with Gasteiger partial charge in [0.25, 0.3) is 15.6 Å². The van der Waals surface area contributed by atoms with Crippen LogP contribution in [0.5, 0.6) is 0 Å². The van der Waals surface area contributed by atoms with Gasteiger partial charge in [-0.1, -0.05) is 37.3 Å². The third-order valence-electron chi connectivity index (χ3n) is 3.73. The van der Waals surface area contributed by atoms with Crippen molar-refractivity contribution in [2.24, 2.45) is 0 Å². The Balaban J connectivity index is 1.72. The van der Waals surface area contributed by atoms with E-state index in [-0.39, 0.29) is 28.9 Å². The molecule has 0 fully saturated rings. The minimum absolute atomic E-state index is 0.0197. The molecule has 0 bridgehead atoms. The summed E-state index contributed by atoms with van der Waals surface area (Å²) in [4.78, 5) is 11.0. The van der Waals surface area contributed by atoms with Gasteiger partial charge in [-0.15, -0.1) is 0 Å². The van der Waals surface area contributed by atoms with Crippen LogP contribution in [0, 0.1) is 0 Å². The van der Waals surface area contributed by atoms with E-state index in [0.717, 1.165) is 5.56 Å². The number of aromatic nitrogens is 2. The fourth-order valence-electron chi connectivity index (χ4n) is 2.29. The SMILES string of the molecule is CC(CNS(=O)(=O)c1ccc(-c2ccc(=O)[nH]n2)o1)c1ccccc1. The first-order valence-electron chi connectivity index (χ1n) is 7.66. The molecule has 2 heterocycles.